The van der Waals surface area contributed by atoms with E-state index < -0.39 is 17.7 Å². The molecule has 1 aromatic heterocycles. The lowest BCUT2D eigenvalue weighted by Gasteiger charge is -2.10. The molecule has 2 nitrogen and oxygen atoms in total. The zero-order valence-electron chi connectivity index (χ0n) is 9.41. The van der Waals surface area contributed by atoms with Crippen molar-refractivity contribution in [1.82, 2.24) is 4.98 Å². The van der Waals surface area contributed by atoms with E-state index in [1.807, 2.05) is 0 Å². The maximum atomic E-state index is 13.4. The first-order valence-electron chi connectivity index (χ1n) is 5.13. The van der Waals surface area contributed by atoms with E-state index in [4.69, 9.17) is 5.73 Å². The van der Waals surface area contributed by atoms with Gasteiger partial charge in [0.25, 0.3) is 0 Å². The first-order chi connectivity index (χ1) is 8.88. The number of nitrogens with two attached hydrogens (primary N) is 1. The summed E-state index contributed by atoms with van der Waals surface area (Å²) in [4.78, 5) is 3.54. The molecule has 1 aromatic carbocycles. The van der Waals surface area contributed by atoms with Gasteiger partial charge in [-0.25, -0.2) is 9.37 Å². The summed E-state index contributed by atoms with van der Waals surface area (Å²) in [6, 6.07) is 6.59. The van der Waals surface area contributed by atoms with E-state index in [-0.39, 0.29) is 15.5 Å². The fourth-order valence-electron chi connectivity index (χ4n) is 1.34. The van der Waals surface area contributed by atoms with Gasteiger partial charge in [0.05, 0.1) is 11.9 Å². The van der Waals surface area contributed by atoms with Gasteiger partial charge in [0.1, 0.15) is 11.5 Å². The number of pyridine rings is 1. The standard InChI is InChI=1S/C12H8F4N2S/c13-7-3-1-2-4-9(7)19-10-5-11(12(14,15)16)18-6-8(10)17/h1-6H,17H2. The van der Waals surface area contributed by atoms with Crippen molar-refractivity contribution in [3.05, 3.63) is 48.0 Å². The molecule has 2 rings (SSSR count). The molecule has 2 aromatic rings. The van der Waals surface area contributed by atoms with E-state index in [1.165, 1.54) is 18.2 Å². The van der Waals surface area contributed by atoms with Crippen LogP contribution in [0.25, 0.3) is 0 Å². The van der Waals surface area contributed by atoms with Crippen molar-refractivity contribution in [2.45, 2.75) is 16.0 Å². The lowest BCUT2D eigenvalue weighted by molar-refractivity contribution is -0.141. The number of hydrogen-bond donors (Lipinski definition) is 1. The summed E-state index contributed by atoms with van der Waals surface area (Å²) >= 11 is 0.831. The van der Waals surface area contributed by atoms with E-state index in [9.17, 15) is 17.6 Å². The van der Waals surface area contributed by atoms with Gasteiger partial charge in [0.15, 0.2) is 0 Å². The minimum Gasteiger partial charge on any atom is -0.397 e. The van der Waals surface area contributed by atoms with Crippen molar-refractivity contribution in [2.75, 3.05) is 5.73 Å². The molecule has 0 unspecified atom stereocenters. The fraction of sp³-hybridized carbons (Fsp3) is 0.0833. The minimum absolute atomic E-state index is 0.0706. The number of benzene rings is 1. The zero-order valence-corrected chi connectivity index (χ0v) is 10.2. The number of aromatic nitrogens is 1. The van der Waals surface area contributed by atoms with Gasteiger partial charge >= 0.3 is 6.18 Å². The number of rotatable bonds is 2. The van der Waals surface area contributed by atoms with E-state index in [1.54, 1.807) is 6.07 Å². The van der Waals surface area contributed by atoms with Crippen LogP contribution in [0.5, 0.6) is 0 Å². The molecule has 7 heteroatoms. The molecule has 100 valence electrons. The molecule has 0 atom stereocenters. The maximum absolute atomic E-state index is 13.4. The van der Waals surface area contributed by atoms with Crippen LogP contribution in [0.1, 0.15) is 5.69 Å². The molecule has 0 spiro atoms. The SMILES string of the molecule is Nc1cnc(C(F)(F)F)cc1Sc1ccccc1F. The van der Waals surface area contributed by atoms with E-state index in [0.717, 1.165) is 24.0 Å². The predicted molar refractivity (Wildman–Crippen MR) is 64.2 cm³/mol. The average Bonchev–Trinajstić information content (AvgIpc) is 2.33. The Labute approximate surface area is 110 Å². The van der Waals surface area contributed by atoms with Gasteiger partial charge in [-0.05, 0) is 18.2 Å². The van der Waals surface area contributed by atoms with Crippen molar-refractivity contribution in [1.29, 1.82) is 0 Å². The third-order valence-electron chi connectivity index (χ3n) is 2.24. The minimum atomic E-state index is -4.56. The highest BCUT2D eigenvalue weighted by Crippen LogP contribution is 2.36. The Hall–Kier alpha value is -1.76. The topological polar surface area (TPSA) is 38.9 Å². The summed E-state index contributed by atoms with van der Waals surface area (Å²) in [7, 11) is 0. The van der Waals surface area contributed by atoms with Crippen molar-refractivity contribution in [2.24, 2.45) is 0 Å². The molecule has 2 N–H and O–H groups in total. The molecule has 0 aliphatic rings. The van der Waals surface area contributed by atoms with Crippen molar-refractivity contribution >= 4 is 17.4 Å². The number of nitrogens with zero attached hydrogens (tertiary/aromatic N) is 1. The fourth-order valence-corrected chi connectivity index (χ4v) is 2.23. The van der Waals surface area contributed by atoms with Gasteiger partial charge in [-0.15, -0.1) is 0 Å². The first kappa shape index (κ1) is 13.7. The zero-order chi connectivity index (χ0) is 14.0. The molecule has 0 saturated carbocycles. The normalized spacial score (nSPS) is 11.6. The van der Waals surface area contributed by atoms with Crippen LogP contribution < -0.4 is 5.73 Å². The van der Waals surface area contributed by atoms with Crippen LogP contribution in [0.3, 0.4) is 0 Å². The van der Waals surface area contributed by atoms with Crippen LogP contribution in [0.4, 0.5) is 23.2 Å². The smallest absolute Gasteiger partial charge is 0.397 e. The monoisotopic (exact) mass is 288 g/mol. The molecule has 0 radical (unpaired) electrons. The lowest BCUT2D eigenvalue weighted by Crippen LogP contribution is -2.08. The Morgan fingerprint density at radius 1 is 1.11 bits per heavy atom. The van der Waals surface area contributed by atoms with Crippen molar-refractivity contribution in [3.8, 4) is 0 Å². The molecular weight excluding hydrogens is 280 g/mol. The summed E-state index contributed by atoms with van der Waals surface area (Å²) in [6.07, 6.45) is -3.63. The molecular formula is C12H8F4N2S. The first-order valence-corrected chi connectivity index (χ1v) is 5.94. The van der Waals surface area contributed by atoms with Crippen LogP contribution in [-0.2, 0) is 6.18 Å². The molecule has 0 fully saturated rings. The van der Waals surface area contributed by atoms with Gasteiger partial charge in [-0.1, -0.05) is 23.9 Å². The highest BCUT2D eigenvalue weighted by Gasteiger charge is 2.33. The molecule has 0 aliphatic carbocycles. The van der Waals surface area contributed by atoms with Crippen LogP contribution in [0.2, 0.25) is 0 Å². The molecule has 1 heterocycles. The summed E-state index contributed by atoms with van der Waals surface area (Å²) in [6.45, 7) is 0. The summed E-state index contributed by atoms with van der Waals surface area (Å²) in [5.41, 5.74) is 4.57. The van der Waals surface area contributed by atoms with Gasteiger partial charge in [0, 0.05) is 9.79 Å². The summed E-state index contributed by atoms with van der Waals surface area (Å²) < 4.78 is 51.0. The Bertz CT molecular complexity index is 599. The van der Waals surface area contributed by atoms with Gasteiger partial charge < -0.3 is 5.73 Å². The van der Waals surface area contributed by atoms with Crippen LogP contribution in [-0.4, -0.2) is 4.98 Å². The third-order valence-corrected chi connectivity index (χ3v) is 3.37. The quantitative estimate of drug-likeness (QED) is 0.850. The Morgan fingerprint density at radius 2 is 1.79 bits per heavy atom. The highest BCUT2D eigenvalue weighted by atomic mass is 32.2. The molecule has 19 heavy (non-hydrogen) atoms. The van der Waals surface area contributed by atoms with Crippen molar-refractivity contribution < 1.29 is 17.6 Å². The largest absolute Gasteiger partial charge is 0.433 e. The van der Waals surface area contributed by atoms with E-state index in [2.05, 4.69) is 4.98 Å². The maximum Gasteiger partial charge on any atom is 0.433 e. The van der Waals surface area contributed by atoms with Crippen LogP contribution in [0.15, 0.2) is 46.3 Å². The van der Waals surface area contributed by atoms with Gasteiger partial charge in [-0.2, -0.15) is 13.2 Å². The molecule has 0 saturated heterocycles. The average molecular weight is 288 g/mol. The Kier molecular flexibility index (Phi) is 3.66. The number of hydrogen-bond acceptors (Lipinski definition) is 3. The number of halogens is 4. The van der Waals surface area contributed by atoms with E-state index >= 15 is 0 Å². The van der Waals surface area contributed by atoms with E-state index in [0.29, 0.717) is 0 Å². The van der Waals surface area contributed by atoms with Crippen LogP contribution in [0, 0.1) is 5.82 Å². The van der Waals surface area contributed by atoms with Gasteiger partial charge in [-0.3, -0.25) is 0 Å². The number of anilines is 1. The van der Waals surface area contributed by atoms with Crippen LogP contribution >= 0.6 is 11.8 Å². The molecule has 0 amide bonds. The van der Waals surface area contributed by atoms with Crippen molar-refractivity contribution in [3.63, 3.8) is 0 Å². The molecule has 0 bridgehead atoms. The Morgan fingerprint density at radius 3 is 2.42 bits per heavy atom. The summed E-state index contributed by atoms with van der Waals surface area (Å²) in [5.74, 6) is -0.516. The second-order valence-corrected chi connectivity index (χ2v) is 4.72. The predicted octanol–water partition coefficient (Wildman–Crippen LogP) is 3.97. The second-order valence-electron chi connectivity index (χ2n) is 3.64. The van der Waals surface area contributed by atoms with Gasteiger partial charge in [0.2, 0.25) is 0 Å². The second kappa shape index (κ2) is 5.08. The summed E-state index contributed by atoms with van der Waals surface area (Å²) in [5, 5.41) is 0. The highest BCUT2D eigenvalue weighted by molar-refractivity contribution is 7.99. The lowest BCUT2D eigenvalue weighted by atomic mass is 10.3. The number of alkyl halides is 3. The number of nitrogen functional groups attached to an aromatic ring is 1. The molecule has 0 aliphatic heterocycles. The third kappa shape index (κ3) is 3.17. The Balaban J connectivity index is 2.38.